The van der Waals surface area contributed by atoms with Crippen LogP contribution in [0.1, 0.15) is 5.56 Å². The third-order valence-electron chi connectivity index (χ3n) is 17.6. The minimum Gasteiger partial charge on any atom is -0.319 e. The smallest absolute Gasteiger partial charge is 0.319 e. The molecule has 0 aliphatic rings. The summed E-state index contributed by atoms with van der Waals surface area (Å²) in [5.41, 5.74) is 15.0. The second-order valence-electron chi connectivity index (χ2n) is 22.9. The Morgan fingerprint density at radius 1 is 0.309 bits per heavy atom. The van der Waals surface area contributed by atoms with Crippen molar-refractivity contribution >= 4 is 55.0 Å². The van der Waals surface area contributed by atoms with E-state index in [0.717, 1.165) is 128 Å². The highest BCUT2D eigenvalue weighted by molar-refractivity contribution is 6.15. The summed E-state index contributed by atoms with van der Waals surface area (Å²) in [5.74, 6) is 0. The van der Waals surface area contributed by atoms with Gasteiger partial charge in [0.15, 0.2) is 5.69 Å². The van der Waals surface area contributed by atoms with Gasteiger partial charge in [0, 0.05) is 96.4 Å². The van der Waals surface area contributed by atoms with Crippen LogP contribution in [0.15, 0.2) is 298 Å². The van der Waals surface area contributed by atoms with Gasteiger partial charge in [-0.2, -0.15) is 13.2 Å². The van der Waals surface area contributed by atoms with E-state index in [1.165, 1.54) is 12.1 Å². The van der Waals surface area contributed by atoms with Gasteiger partial charge >= 0.3 is 6.18 Å². The van der Waals surface area contributed by atoms with Crippen LogP contribution in [0, 0.1) is 13.1 Å². The molecule has 16 rings (SSSR count). The SMILES string of the molecule is [C-]#[N+]c1cccc(C(F)(F)F)c1-c1ccc(-n2c3cc(-c4cccnc4-c4ccccc4)ccc3c3ccc(-c4cccnc4-c4ccccc4)cc32)c([N+]#[C-])c1-n1c2cc(-c3cccnc3-c3ccccc3)ccc2c2ccc(-c3cccnc3-c3ccccc3)cc21. The zero-order chi connectivity index (χ0) is 63.4. The first-order chi connectivity index (χ1) is 46.2. The first kappa shape index (κ1) is 56.4. The first-order valence-corrected chi connectivity index (χ1v) is 30.6. The van der Waals surface area contributed by atoms with Crippen molar-refractivity contribution in [3.05, 3.63) is 326 Å². The van der Waals surface area contributed by atoms with Crippen LogP contribution in [0.3, 0.4) is 0 Å². The lowest BCUT2D eigenvalue weighted by atomic mass is 9.94. The molecule has 0 saturated heterocycles. The Kier molecular flexibility index (Phi) is 13.9. The highest BCUT2D eigenvalue weighted by Gasteiger charge is 2.37. The standard InChI is InChI=1S/C83H49F3N8/c1-87-70-33-15-32-69(83(84,85)86)76(70)68-42-43-71(93-72-48-56(60-28-16-44-89-77(60)52-20-7-3-8-21-52)34-38-64(72)65-39-35-57(49-73(65)93)61-29-17-45-90-78(61)53-22-9-4-10-23-53)81(88-2)82(68)94-74-50-58(62-30-18-46-91-79(62)54-24-11-5-12-25-54)36-40-66(74)67-41-37-59(51-75(67)94)63-31-19-47-92-80(63)55-26-13-6-14-27-55/h3-51H. The molecule has 0 N–H and O–H groups in total. The van der Waals surface area contributed by atoms with E-state index in [-0.39, 0.29) is 28.2 Å². The predicted octanol–water partition coefficient (Wildman–Crippen LogP) is 22.6. The molecule has 0 unspecified atom stereocenters. The third-order valence-corrected chi connectivity index (χ3v) is 17.6. The minimum atomic E-state index is -4.93. The van der Waals surface area contributed by atoms with Gasteiger partial charge in [0.2, 0.25) is 5.69 Å². The zero-order valence-electron chi connectivity index (χ0n) is 50.0. The van der Waals surface area contributed by atoms with E-state index in [4.69, 9.17) is 26.5 Å². The summed E-state index contributed by atoms with van der Waals surface area (Å²) < 4.78 is 52.4. The molecule has 0 radical (unpaired) electrons. The summed E-state index contributed by atoms with van der Waals surface area (Å²) in [4.78, 5) is 28.1. The summed E-state index contributed by atoms with van der Waals surface area (Å²) in [6.45, 7) is 18.4. The van der Waals surface area contributed by atoms with Crippen molar-refractivity contribution in [2.45, 2.75) is 6.18 Å². The maximum atomic E-state index is 16.1. The van der Waals surface area contributed by atoms with Gasteiger partial charge in [0.1, 0.15) is 0 Å². The van der Waals surface area contributed by atoms with E-state index in [0.29, 0.717) is 16.7 Å². The van der Waals surface area contributed by atoms with Gasteiger partial charge in [-0.15, -0.1) is 0 Å². The van der Waals surface area contributed by atoms with E-state index in [9.17, 15) is 6.57 Å². The fourth-order valence-corrected chi connectivity index (χ4v) is 13.5. The molecular weight excluding hydrogens is 1170 g/mol. The molecule has 0 aliphatic carbocycles. The second-order valence-corrected chi connectivity index (χ2v) is 22.9. The van der Waals surface area contributed by atoms with Crippen LogP contribution in [0.4, 0.5) is 24.5 Å². The van der Waals surface area contributed by atoms with E-state index in [1.54, 1.807) is 36.9 Å². The number of hydrogen-bond acceptors (Lipinski definition) is 4. The van der Waals surface area contributed by atoms with Crippen molar-refractivity contribution in [2.75, 3.05) is 0 Å². The predicted molar refractivity (Wildman–Crippen MR) is 373 cm³/mol. The maximum absolute atomic E-state index is 16.1. The Morgan fingerprint density at radius 3 is 0.989 bits per heavy atom. The van der Waals surface area contributed by atoms with Crippen LogP contribution in [0.25, 0.3) is 165 Å². The van der Waals surface area contributed by atoms with E-state index < -0.39 is 11.7 Å². The molecule has 6 aromatic heterocycles. The summed E-state index contributed by atoms with van der Waals surface area (Å²) in [5, 5.41) is 3.28. The van der Waals surface area contributed by atoms with Crippen molar-refractivity contribution in [2.24, 2.45) is 0 Å². The van der Waals surface area contributed by atoms with Gasteiger partial charge in [0.25, 0.3) is 0 Å². The number of rotatable bonds is 11. The van der Waals surface area contributed by atoms with Crippen molar-refractivity contribution in [1.82, 2.24) is 29.1 Å². The van der Waals surface area contributed by atoms with Gasteiger partial charge in [0.05, 0.1) is 74.9 Å². The number of benzene rings is 10. The Hall–Kier alpha value is -12.8. The van der Waals surface area contributed by atoms with E-state index in [2.05, 4.69) is 50.7 Å². The Bertz CT molecular complexity index is 5470. The molecule has 0 bridgehead atoms. The summed E-state index contributed by atoms with van der Waals surface area (Å²) >= 11 is 0. The minimum absolute atomic E-state index is 0.0324. The topological polar surface area (TPSA) is 70.1 Å². The van der Waals surface area contributed by atoms with E-state index in [1.807, 2.05) is 211 Å². The normalized spacial score (nSPS) is 11.5. The summed E-state index contributed by atoms with van der Waals surface area (Å²) in [6, 6.07) is 87.6. The lowest BCUT2D eigenvalue weighted by molar-refractivity contribution is -0.137. The molecule has 0 fully saturated rings. The molecule has 0 amide bonds. The fraction of sp³-hybridized carbons (Fsp3) is 0.0120. The number of hydrogen-bond donors (Lipinski definition) is 0. The quantitative estimate of drug-likeness (QED) is 0.121. The van der Waals surface area contributed by atoms with Crippen LogP contribution >= 0.6 is 0 Å². The number of fused-ring (bicyclic) bond motifs is 6. The Labute approximate surface area is 538 Å². The largest absolute Gasteiger partial charge is 0.415 e. The highest BCUT2D eigenvalue weighted by atomic mass is 19.4. The molecule has 0 spiro atoms. The number of halogens is 3. The number of aromatic nitrogens is 6. The van der Waals surface area contributed by atoms with Gasteiger partial charge in [-0.25, -0.2) is 9.69 Å². The van der Waals surface area contributed by atoms with Crippen LogP contribution in [0.2, 0.25) is 0 Å². The van der Waals surface area contributed by atoms with Gasteiger partial charge < -0.3 is 9.13 Å². The van der Waals surface area contributed by atoms with Gasteiger partial charge in [-0.1, -0.05) is 218 Å². The fourth-order valence-electron chi connectivity index (χ4n) is 13.5. The third kappa shape index (κ3) is 9.63. The molecule has 16 aromatic rings. The number of alkyl halides is 3. The molecule has 94 heavy (non-hydrogen) atoms. The average molecular weight is 1220 g/mol. The molecule has 6 heterocycles. The monoisotopic (exact) mass is 1210 g/mol. The second kappa shape index (κ2) is 23.2. The van der Waals surface area contributed by atoms with Crippen molar-refractivity contribution in [1.29, 1.82) is 0 Å². The summed E-state index contributed by atoms with van der Waals surface area (Å²) in [7, 11) is 0. The van der Waals surface area contributed by atoms with E-state index >= 15 is 13.2 Å². The van der Waals surface area contributed by atoms with Gasteiger partial charge in [-0.3, -0.25) is 19.9 Å². The van der Waals surface area contributed by atoms with Crippen LogP contribution < -0.4 is 0 Å². The molecule has 0 atom stereocenters. The summed E-state index contributed by atoms with van der Waals surface area (Å²) in [6.07, 6.45) is 2.16. The van der Waals surface area contributed by atoms with Gasteiger partial charge in [-0.05, 0) is 82.4 Å². The number of nitrogens with zero attached hydrogens (tertiary/aromatic N) is 8. The molecule has 0 aliphatic heterocycles. The van der Waals surface area contributed by atoms with Crippen LogP contribution in [0.5, 0.6) is 0 Å². The Balaban J connectivity index is 1.06. The molecule has 10 aromatic carbocycles. The molecule has 11 heteroatoms. The Morgan fingerprint density at radius 2 is 0.660 bits per heavy atom. The lowest BCUT2D eigenvalue weighted by Gasteiger charge is -2.23. The van der Waals surface area contributed by atoms with Crippen LogP contribution in [-0.4, -0.2) is 29.1 Å². The highest BCUT2D eigenvalue weighted by Crippen LogP contribution is 2.52. The molecule has 442 valence electrons. The van der Waals surface area contributed by atoms with Crippen molar-refractivity contribution in [3.8, 4) is 112 Å². The molecule has 8 nitrogen and oxygen atoms in total. The zero-order valence-corrected chi connectivity index (χ0v) is 50.0. The van der Waals surface area contributed by atoms with Crippen molar-refractivity contribution in [3.63, 3.8) is 0 Å². The number of pyridine rings is 4. The lowest BCUT2D eigenvalue weighted by Crippen LogP contribution is -2.09. The maximum Gasteiger partial charge on any atom is 0.415 e. The van der Waals surface area contributed by atoms with Crippen molar-refractivity contribution < 1.29 is 13.2 Å². The molecule has 0 saturated carbocycles. The average Bonchev–Trinajstić information content (AvgIpc) is 1.52. The van der Waals surface area contributed by atoms with Crippen LogP contribution in [-0.2, 0) is 6.18 Å². The first-order valence-electron chi connectivity index (χ1n) is 30.6. The molecular formula is C83H49F3N8.